The Labute approximate surface area is 346 Å². The molecule has 0 radical (unpaired) electrons. The maximum Gasteiger partial charge on any atom is 2.00 e. The predicted octanol–water partition coefficient (Wildman–Crippen LogP) is 7.88. The Morgan fingerprint density at radius 1 is 0.579 bits per heavy atom. The van der Waals surface area contributed by atoms with Crippen molar-refractivity contribution in [1.29, 1.82) is 0 Å². The van der Waals surface area contributed by atoms with E-state index in [1.165, 1.54) is 4.80 Å². The molecular formula is C39H17Cl3N9O5Zn+. The van der Waals surface area contributed by atoms with Gasteiger partial charge in [0, 0.05) is 54.8 Å². The first-order chi connectivity index (χ1) is 27.1. The van der Waals surface area contributed by atoms with Gasteiger partial charge in [-0.2, -0.15) is 0 Å². The van der Waals surface area contributed by atoms with E-state index in [0.717, 1.165) is 29.0 Å². The SMILES string of the molecule is O=C(O)c1cc(Oc2c(Cl)c(Cl)c3c4nc5nc(nc6[n-]c(nc7n[n+](nc([n-]4)c3c2Cl)-c2ccccc2-7)c2ccccc62)-c2ccccc2-5)cc(C(=O)O)c1.[Zn+2]. The molecule has 8 bridgehead atoms. The van der Waals surface area contributed by atoms with Gasteiger partial charge in [0.15, 0.2) is 11.6 Å². The number of carbonyl (C=O) groups is 2. The van der Waals surface area contributed by atoms with Crippen molar-refractivity contribution in [3.8, 4) is 51.3 Å². The fourth-order valence-electron chi connectivity index (χ4n) is 6.65. The van der Waals surface area contributed by atoms with Gasteiger partial charge in [-0.3, -0.25) is 0 Å². The minimum atomic E-state index is -1.38. The first-order valence-corrected chi connectivity index (χ1v) is 17.7. The summed E-state index contributed by atoms with van der Waals surface area (Å²) in [5.41, 5.74) is 2.76. The molecule has 2 N–H and O–H groups in total. The zero-order chi connectivity index (χ0) is 38.4. The van der Waals surface area contributed by atoms with E-state index < -0.39 is 11.9 Å². The Kier molecular flexibility index (Phi) is 8.70. The molecule has 0 amide bonds. The second kappa shape index (κ2) is 13.7. The summed E-state index contributed by atoms with van der Waals surface area (Å²) in [6, 6.07) is 25.6. The summed E-state index contributed by atoms with van der Waals surface area (Å²) >= 11 is 21.0. The average Bonchev–Trinajstić information content (AvgIpc) is 3.94. The minimum absolute atomic E-state index is 0. The van der Waals surface area contributed by atoms with Crippen LogP contribution in [-0.2, 0) is 19.5 Å². The second-order valence-electron chi connectivity index (χ2n) is 12.5. The van der Waals surface area contributed by atoms with Crippen molar-refractivity contribution in [3.05, 3.63) is 117 Å². The number of ether oxygens (including phenoxy) is 1. The number of fused-ring (bicyclic) bond motifs is 20. The Bertz CT molecular complexity index is 3230. The largest absolute Gasteiger partial charge is 2.00 e. The summed E-state index contributed by atoms with van der Waals surface area (Å²) in [6.45, 7) is 0. The predicted molar refractivity (Wildman–Crippen MR) is 206 cm³/mol. The summed E-state index contributed by atoms with van der Waals surface area (Å²) in [6.07, 6.45) is 0. The number of aromatic nitrogens is 9. The summed E-state index contributed by atoms with van der Waals surface area (Å²) in [5, 5.41) is 30.4. The van der Waals surface area contributed by atoms with Gasteiger partial charge in [0.25, 0.3) is 5.69 Å². The van der Waals surface area contributed by atoms with E-state index >= 15 is 0 Å². The molecule has 0 atom stereocenters. The van der Waals surface area contributed by atoms with Gasteiger partial charge in [-0.1, -0.05) is 101 Å². The molecular weight excluding hydrogens is 846 g/mol. The Balaban J connectivity index is 0.00000422. The van der Waals surface area contributed by atoms with Crippen LogP contribution in [0.25, 0.3) is 84.0 Å². The van der Waals surface area contributed by atoms with Gasteiger partial charge >= 0.3 is 31.4 Å². The standard InChI is InChI=1S/C39H18Cl3N9O5.Zn/c40-27-25-26(28(41)30(29(27)42)56-18-14-16(38(52)53)13-17(15-18)39(54)55)37-48-36(25)47-34-22-10-4-2-8-20(22)32(45-34)43-31-19-7-1-3-9-21(19)33(44-31)46-35-23-11-5-6-12-24(23)51(49-35)50-37;/h1-15H,(H3,43,44,45,46,47,48,49,50,52,53,54,55);/q;+2/p-1. The number of carboxylic acids is 2. The second-order valence-corrected chi connectivity index (χ2v) is 13.6. The Morgan fingerprint density at radius 3 is 1.74 bits per heavy atom. The van der Waals surface area contributed by atoms with Crippen LogP contribution in [0.2, 0.25) is 15.1 Å². The maximum atomic E-state index is 11.9. The van der Waals surface area contributed by atoms with Gasteiger partial charge in [-0.25, -0.2) is 14.6 Å². The van der Waals surface area contributed by atoms with Crippen molar-refractivity contribution in [2.45, 2.75) is 0 Å². The fraction of sp³-hybridized carbons (Fsp3) is 0. The number of nitrogens with zero attached hydrogens (tertiary/aromatic N) is 9. The van der Waals surface area contributed by atoms with Crippen molar-refractivity contribution in [3.63, 3.8) is 0 Å². The van der Waals surface area contributed by atoms with Gasteiger partial charge in [-0.05, 0) is 35.0 Å². The molecule has 10 rings (SSSR count). The van der Waals surface area contributed by atoms with Crippen LogP contribution in [0.15, 0.2) is 91.0 Å². The van der Waals surface area contributed by atoms with Crippen molar-refractivity contribution >= 4 is 90.9 Å². The van der Waals surface area contributed by atoms with Crippen LogP contribution in [0, 0.1) is 0 Å². The van der Waals surface area contributed by atoms with E-state index in [1.54, 1.807) is 0 Å². The topological polar surface area (TPSA) is 193 Å². The van der Waals surface area contributed by atoms with Crippen LogP contribution in [0.4, 0.5) is 0 Å². The Morgan fingerprint density at radius 2 is 1.11 bits per heavy atom. The molecule has 0 fully saturated rings. The smallest absolute Gasteiger partial charge is 0.478 e. The number of hydrogen-bond donors (Lipinski definition) is 2. The van der Waals surface area contributed by atoms with Gasteiger partial charge in [0.2, 0.25) is 0 Å². The number of benzene rings is 5. The van der Waals surface area contributed by atoms with Gasteiger partial charge in [-0.15, -0.1) is 0 Å². The van der Waals surface area contributed by atoms with Crippen LogP contribution < -0.4 is 19.5 Å². The van der Waals surface area contributed by atoms with E-state index in [0.29, 0.717) is 45.3 Å². The van der Waals surface area contributed by atoms with Crippen LogP contribution in [0.1, 0.15) is 20.7 Å². The number of rotatable bonds is 4. The third-order valence-corrected chi connectivity index (χ3v) is 10.4. The number of aromatic carboxylic acids is 2. The molecule has 8 aromatic rings. The van der Waals surface area contributed by atoms with Crippen LogP contribution >= 0.6 is 34.8 Å². The van der Waals surface area contributed by atoms with Crippen molar-refractivity contribution < 1.29 is 48.8 Å². The molecule has 18 heteroatoms. The van der Waals surface area contributed by atoms with E-state index in [2.05, 4.69) is 0 Å². The minimum Gasteiger partial charge on any atom is -0.478 e. The average molecular weight is 863 g/mol. The van der Waals surface area contributed by atoms with Crippen molar-refractivity contribution in [2.24, 2.45) is 0 Å². The summed E-state index contributed by atoms with van der Waals surface area (Å²) in [7, 11) is 0. The maximum absolute atomic E-state index is 11.9. The molecule has 3 aromatic heterocycles. The number of halogens is 3. The van der Waals surface area contributed by atoms with Crippen LogP contribution in [-0.4, -0.2) is 52.3 Å². The number of hydrogen-bond acceptors (Lipinski definition) is 9. The molecule has 2 aliphatic rings. The summed E-state index contributed by atoms with van der Waals surface area (Å²) in [4.78, 5) is 54.2. The van der Waals surface area contributed by atoms with Crippen LogP contribution in [0.3, 0.4) is 0 Å². The molecule has 2 aliphatic heterocycles. The van der Waals surface area contributed by atoms with E-state index in [9.17, 15) is 19.8 Å². The molecule has 5 aromatic carbocycles. The molecule has 270 valence electrons. The van der Waals surface area contributed by atoms with E-state index in [4.69, 9.17) is 79.6 Å². The molecule has 0 saturated carbocycles. The van der Waals surface area contributed by atoms with Crippen molar-refractivity contribution in [1.82, 2.24) is 40.1 Å². The first-order valence-electron chi connectivity index (χ1n) is 16.5. The molecule has 5 heterocycles. The Hall–Kier alpha value is -6.38. The van der Waals surface area contributed by atoms with Gasteiger partial charge in [0.05, 0.1) is 44.0 Å². The molecule has 14 nitrogen and oxygen atoms in total. The fourth-order valence-corrected chi connectivity index (χ4v) is 7.50. The molecule has 0 unspecified atom stereocenters. The molecule has 0 saturated heterocycles. The normalized spacial score (nSPS) is 11.6. The third kappa shape index (κ3) is 5.86. The van der Waals surface area contributed by atoms with Gasteiger partial charge in [0.1, 0.15) is 10.8 Å². The van der Waals surface area contributed by atoms with E-state index in [1.807, 2.05) is 72.8 Å². The molecule has 57 heavy (non-hydrogen) atoms. The summed E-state index contributed by atoms with van der Waals surface area (Å²) < 4.78 is 6.04. The van der Waals surface area contributed by atoms with Gasteiger partial charge < -0.3 is 39.9 Å². The third-order valence-electron chi connectivity index (χ3n) is 9.18. The zero-order valence-corrected chi connectivity index (χ0v) is 33.9. The monoisotopic (exact) mass is 860 g/mol. The number of para-hydroxylation sites is 1. The van der Waals surface area contributed by atoms with Crippen molar-refractivity contribution in [2.75, 3.05) is 0 Å². The summed E-state index contributed by atoms with van der Waals surface area (Å²) in [5.74, 6) is -2.21. The van der Waals surface area contributed by atoms with E-state index in [-0.39, 0.29) is 85.1 Å². The number of carboxylic acid groups (broad SMARTS) is 2. The molecule has 0 spiro atoms. The first kappa shape index (κ1) is 36.3. The molecule has 0 aliphatic carbocycles. The quantitative estimate of drug-likeness (QED) is 0.0987. The zero-order valence-electron chi connectivity index (χ0n) is 28.6. The van der Waals surface area contributed by atoms with Crippen LogP contribution in [0.5, 0.6) is 11.5 Å².